The van der Waals surface area contributed by atoms with E-state index in [0.717, 1.165) is 29.8 Å². The number of fused-ring (bicyclic) bond motifs is 2. The number of β-amino-alcohol motifs (C(OH)–C–C–N with tert-alkyl or cyclic N) is 1. The van der Waals surface area contributed by atoms with Crippen molar-refractivity contribution in [3.05, 3.63) is 34.4 Å². The Bertz CT molecular complexity index is 651. The van der Waals surface area contributed by atoms with Crippen LogP contribution >= 0.6 is 12.4 Å². The third-order valence-electron chi connectivity index (χ3n) is 5.89. The number of rotatable bonds is 3. The molecule has 3 aliphatic heterocycles. The maximum Gasteiger partial charge on any atom is 0.338 e. The van der Waals surface area contributed by atoms with Crippen molar-refractivity contribution in [3.8, 4) is 0 Å². The van der Waals surface area contributed by atoms with Crippen LogP contribution in [0.2, 0.25) is 0 Å². The number of carbonyl (C=O) groups is 1. The number of aliphatic hydroxyl groups excluding tert-OH is 1. The molecule has 5 nitrogen and oxygen atoms in total. The van der Waals surface area contributed by atoms with Gasteiger partial charge in [-0.25, -0.2) is 4.79 Å². The molecule has 2 saturated heterocycles. The van der Waals surface area contributed by atoms with Crippen molar-refractivity contribution in [2.24, 2.45) is 5.92 Å². The second kappa shape index (κ2) is 6.64. The van der Waals surface area contributed by atoms with Gasteiger partial charge in [0, 0.05) is 30.7 Å². The smallest absolute Gasteiger partial charge is 0.338 e. The van der Waals surface area contributed by atoms with Crippen molar-refractivity contribution >= 4 is 18.4 Å². The highest BCUT2D eigenvalue weighted by Gasteiger charge is 2.42. The lowest BCUT2D eigenvalue weighted by atomic mass is 9.95. The van der Waals surface area contributed by atoms with E-state index in [1.54, 1.807) is 6.07 Å². The molecule has 0 aromatic heterocycles. The Hall–Kier alpha value is -1.14. The maximum absolute atomic E-state index is 11.6. The van der Waals surface area contributed by atoms with Gasteiger partial charge in [-0.15, -0.1) is 12.4 Å². The molecular formula is C18H25ClN2O3. The molecule has 4 atom stereocenters. The summed E-state index contributed by atoms with van der Waals surface area (Å²) in [6, 6.07) is 4.74. The number of cyclic esters (lactones) is 1. The van der Waals surface area contributed by atoms with E-state index in [1.807, 2.05) is 13.0 Å². The predicted molar refractivity (Wildman–Crippen MR) is 93.4 cm³/mol. The minimum atomic E-state index is -0.530. The van der Waals surface area contributed by atoms with Gasteiger partial charge in [0.05, 0.1) is 11.7 Å². The molecule has 0 bridgehead atoms. The van der Waals surface area contributed by atoms with Crippen molar-refractivity contribution in [3.63, 3.8) is 0 Å². The van der Waals surface area contributed by atoms with Gasteiger partial charge in [-0.2, -0.15) is 0 Å². The molecule has 4 rings (SSSR count). The fourth-order valence-corrected chi connectivity index (χ4v) is 4.59. The monoisotopic (exact) mass is 352 g/mol. The van der Waals surface area contributed by atoms with Crippen molar-refractivity contribution in [2.75, 3.05) is 19.6 Å². The number of ether oxygens (including phenoxy) is 1. The van der Waals surface area contributed by atoms with E-state index in [2.05, 4.69) is 17.1 Å². The molecule has 0 radical (unpaired) electrons. The van der Waals surface area contributed by atoms with Gasteiger partial charge in [0.2, 0.25) is 0 Å². The number of nitrogens with one attached hydrogen (secondary N) is 1. The normalized spacial score (nSPS) is 29.8. The van der Waals surface area contributed by atoms with Crippen LogP contribution in [0.25, 0.3) is 0 Å². The number of hydrogen-bond donors (Lipinski definition) is 2. The Morgan fingerprint density at radius 1 is 1.42 bits per heavy atom. The summed E-state index contributed by atoms with van der Waals surface area (Å²) >= 11 is 0. The molecule has 2 fully saturated rings. The highest BCUT2D eigenvalue weighted by Crippen LogP contribution is 2.35. The highest BCUT2D eigenvalue weighted by atomic mass is 35.5. The Kier molecular flexibility index (Phi) is 4.89. The molecular weight excluding hydrogens is 328 g/mol. The molecule has 0 spiro atoms. The number of aliphatic hydroxyl groups is 1. The van der Waals surface area contributed by atoms with Crippen molar-refractivity contribution in [2.45, 2.75) is 45.1 Å². The summed E-state index contributed by atoms with van der Waals surface area (Å²) in [5.74, 6) is 0.460. The zero-order chi connectivity index (χ0) is 16.1. The molecule has 0 saturated carbocycles. The number of esters is 1. The molecule has 3 unspecified atom stereocenters. The number of benzene rings is 1. The van der Waals surface area contributed by atoms with E-state index in [0.29, 0.717) is 36.7 Å². The van der Waals surface area contributed by atoms with Gasteiger partial charge in [0.15, 0.2) is 0 Å². The first-order valence-corrected chi connectivity index (χ1v) is 8.50. The third kappa shape index (κ3) is 2.73. The summed E-state index contributed by atoms with van der Waals surface area (Å²) in [6.07, 6.45) is 0.674. The fraction of sp³-hybridized carbons (Fsp3) is 0.611. The minimum absolute atomic E-state index is 0. The number of halogens is 1. The quantitative estimate of drug-likeness (QED) is 0.812. The van der Waals surface area contributed by atoms with Gasteiger partial charge >= 0.3 is 5.97 Å². The first-order chi connectivity index (χ1) is 11.1. The van der Waals surface area contributed by atoms with Crippen LogP contribution in [0.3, 0.4) is 0 Å². The largest absolute Gasteiger partial charge is 0.457 e. The van der Waals surface area contributed by atoms with Crippen LogP contribution in [0.15, 0.2) is 12.1 Å². The average Bonchev–Trinajstić information content (AvgIpc) is 3.18. The third-order valence-corrected chi connectivity index (χ3v) is 5.89. The second-order valence-electron chi connectivity index (χ2n) is 7.17. The molecule has 3 aliphatic rings. The van der Waals surface area contributed by atoms with Gasteiger partial charge in [-0.3, -0.25) is 4.90 Å². The van der Waals surface area contributed by atoms with Crippen LogP contribution in [-0.4, -0.2) is 47.7 Å². The fourth-order valence-electron chi connectivity index (χ4n) is 4.59. The van der Waals surface area contributed by atoms with Crippen LogP contribution in [0.1, 0.15) is 46.5 Å². The van der Waals surface area contributed by atoms with E-state index >= 15 is 0 Å². The Balaban J connectivity index is 0.00000169. The second-order valence-corrected chi connectivity index (χ2v) is 7.17. The SMILES string of the molecule is Cc1c([C@@H](O)CN2C(C)CC3CNCC32)ccc2c1COC2=O.Cl. The topological polar surface area (TPSA) is 61.8 Å². The molecule has 132 valence electrons. The predicted octanol–water partition coefficient (Wildman–Crippen LogP) is 1.80. The lowest BCUT2D eigenvalue weighted by Gasteiger charge is -2.30. The number of hydrogen-bond acceptors (Lipinski definition) is 5. The van der Waals surface area contributed by atoms with E-state index in [4.69, 9.17) is 4.74 Å². The van der Waals surface area contributed by atoms with Crippen LogP contribution in [0.5, 0.6) is 0 Å². The van der Waals surface area contributed by atoms with Gasteiger partial charge < -0.3 is 15.2 Å². The Morgan fingerprint density at radius 2 is 2.21 bits per heavy atom. The molecule has 2 N–H and O–H groups in total. The summed E-state index contributed by atoms with van der Waals surface area (Å²) < 4.78 is 5.11. The van der Waals surface area contributed by atoms with Crippen LogP contribution in [0, 0.1) is 12.8 Å². The van der Waals surface area contributed by atoms with Crippen molar-refractivity contribution < 1.29 is 14.6 Å². The number of carbonyl (C=O) groups excluding carboxylic acids is 1. The van der Waals surface area contributed by atoms with Crippen LogP contribution < -0.4 is 5.32 Å². The first-order valence-electron chi connectivity index (χ1n) is 8.50. The molecule has 1 aromatic carbocycles. The number of likely N-dealkylation sites (tertiary alicyclic amines) is 1. The van der Waals surface area contributed by atoms with Gasteiger partial charge in [0.25, 0.3) is 0 Å². The van der Waals surface area contributed by atoms with Gasteiger partial charge in [-0.1, -0.05) is 6.07 Å². The van der Waals surface area contributed by atoms with E-state index in [1.165, 1.54) is 6.42 Å². The first kappa shape index (κ1) is 17.7. The van der Waals surface area contributed by atoms with E-state index < -0.39 is 6.10 Å². The summed E-state index contributed by atoms with van der Waals surface area (Å²) in [5.41, 5.74) is 3.49. The lowest BCUT2D eigenvalue weighted by Crippen LogP contribution is -2.40. The Morgan fingerprint density at radius 3 is 3.00 bits per heavy atom. The molecule has 1 aromatic rings. The molecule has 0 amide bonds. The van der Waals surface area contributed by atoms with Gasteiger partial charge in [-0.05, 0) is 49.9 Å². The standard InChI is InChI=1S/C18H24N2O3.ClH/c1-10-5-12-6-19-7-16(12)20(10)8-17(21)13-3-4-14-15(11(13)2)9-23-18(14)22;/h3-4,10,12,16-17,19,21H,5-9H2,1-2H3;1H/t10?,12?,16?,17-;/m0./s1. The van der Waals surface area contributed by atoms with Gasteiger partial charge in [0.1, 0.15) is 6.61 Å². The van der Waals surface area contributed by atoms with Crippen LogP contribution in [-0.2, 0) is 11.3 Å². The molecule has 6 heteroatoms. The van der Waals surface area contributed by atoms with E-state index in [-0.39, 0.29) is 18.4 Å². The van der Waals surface area contributed by atoms with Crippen molar-refractivity contribution in [1.82, 2.24) is 10.2 Å². The zero-order valence-corrected chi connectivity index (χ0v) is 14.9. The van der Waals surface area contributed by atoms with Crippen LogP contribution in [0.4, 0.5) is 0 Å². The summed E-state index contributed by atoms with van der Waals surface area (Å²) in [6.45, 7) is 7.33. The minimum Gasteiger partial charge on any atom is -0.457 e. The maximum atomic E-state index is 11.6. The van der Waals surface area contributed by atoms with Crippen molar-refractivity contribution in [1.29, 1.82) is 0 Å². The zero-order valence-electron chi connectivity index (χ0n) is 14.1. The Labute approximate surface area is 148 Å². The highest BCUT2D eigenvalue weighted by molar-refractivity contribution is 5.93. The number of nitrogens with zero attached hydrogens (tertiary/aromatic N) is 1. The molecule has 3 heterocycles. The summed E-state index contributed by atoms with van der Waals surface area (Å²) in [7, 11) is 0. The summed E-state index contributed by atoms with van der Waals surface area (Å²) in [4.78, 5) is 14.1. The lowest BCUT2D eigenvalue weighted by molar-refractivity contribution is 0.0535. The summed E-state index contributed by atoms with van der Waals surface area (Å²) in [5, 5.41) is 14.3. The molecule has 24 heavy (non-hydrogen) atoms. The van der Waals surface area contributed by atoms with E-state index in [9.17, 15) is 9.90 Å². The molecule has 0 aliphatic carbocycles. The average molecular weight is 353 g/mol.